The summed E-state index contributed by atoms with van der Waals surface area (Å²) in [7, 11) is 0. The number of rotatable bonds is 6. The molecule has 0 N–H and O–H groups in total. The van der Waals surface area contributed by atoms with Crippen LogP contribution in [0.25, 0.3) is 0 Å². The van der Waals surface area contributed by atoms with Crippen molar-refractivity contribution in [3.05, 3.63) is 81.0 Å². The zero-order valence-corrected chi connectivity index (χ0v) is 20.2. The fraction of sp³-hybridized carbons (Fsp3) is 0.360. The molecular weight excluding hydrogens is 499 g/mol. The number of nitrogens with zero attached hydrogens (tertiary/aromatic N) is 1. The van der Waals surface area contributed by atoms with E-state index in [1.807, 2.05) is 38.1 Å². The Bertz CT molecular complexity index is 1040. The molecule has 0 aromatic heterocycles. The smallest absolute Gasteiger partial charge is 0.416 e. The van der Waals surface area contributed by atoms with Gasteiger partial charge in [0.15, 0.2) is 0 Å². The number of hydrogen-bond acceptors (Lipinski definition) is 3. The third-order valence-electron chi connectivity index (χ3n) is 5.48. The first-order chi connectivity index (χ1) is 15.5. The fourth-order valence-electron chi connectivity index (χ4n) is 3.75. The van der Waals surface area contributed by atoms with Gasteiger partial charge < -0.3 is 9.64 Å². The second-order valence-corrected chi connectivity index (χ2v) is 9.39. The second-order valence-electron chi connectivity index (χ2n) is 8.47. The van der Waals surface area contributed by atoms with Gasteiger partial charge in [-0.05, 0) is 48.2 Å². The van der Waals surface area contributed by atoms with Gasteiger partial charge in [-0.2, -0.15) is 13.2 Å². The van der Waals surface area contributed by atoms with Crippen molar-refractivity contribution in [2.45, 2.75) is 45.8 Å². The van der Waals surface area contributed by atoms with Crippen LogP contribution < -0.4 is 0 Å². The molecule has 4 nitrogen and oxygen atoms in total. The molecule has 0 unspecified atom stereocenters. The molecule has 3 rings (SSSR count). The van der Waals surface area contributed by atoms with Crippen LogP contribution in [-0.2, 0) is 27.0 Å². The van der Waals surface area contributed by atoms with Crippen molar-refractivity contribution in [2.75, 3.05) is 6.61 Å². The first-order valence-corrected chi connectivity index (χ1v) is 11.4. The Hall–Kier alpha value is -2.61. The molecule has 1 aliphatic heterocycles. The van der Waals surface area contributed by atoms with Crippen LogP contribution in [0.4, 0.5) is 13.2 Å². The zero-order valence-electron chi connectivity index (χ0n) is 18.6. The number of allylic oxidation sites excluding steroid dienone is 1. The second kappa shape index (κ2) is 10.1. The highest BCUT2D eigenvalue weighted by Crippen LogP contribution is 2.39. The summed E-state index contributed by atoms with van der Waals surface area (Å²) >= 11 is 3.38. The van der Waals surface area contributed by atoms with E-state index in [1.165, 1.54) is 17.0 Å². The van der Waals surface area contributed by atoms with Crippen molar-refractivity contribution < 1.29 is 27.5 Å². The normalized spacial score (nSPS) is 17.0. The lowest BCUT2D eigenvalue weighted by Gasteiger charge is -2.34. The number of amides is 1. The van der Waals surface area contributed by atoms with Gasteiger partial charge in [0.25, 0.3) is 0 Å². The van der Waals surface area contributed by atoms with E-state index in [0.717, 1.165) is 22.2 Å². The van der Waals surface area contributed by atoms with Crippen molar-refractivity contribution in [3.8, 4) is 0 Å². The molecule has 1 amide bonds. The van der Waals surface area contributed by atoms with E-state index in [2.05, 4.69) is 15.9 Å². The van der Waals surface area contributed by atoms with Crippen molar-refractivity contribution in [3.63, 3.8) is 0 Å². The number of halogens is 4. The lowest BCUT2D eigenvalue weighted by molar-refractivity contribution is -0.141. The SMILES string of the molecule is CC1=C(C(=O)OCC(C)C)[C@@H](c2ccc(C(F)(F)F)cc2)CC(=O)N1Cc1ccc(Br)cc1. The molecule has 0 saturated heterocycles. The number of carbonyl (C=O) groups excluding carboxylic acids is 2. The topological polar surface area (TPSA) is 46.6 Å². The molecule has 33 heavy (non-hydrogen) atoms. The van der Waals surface area contributed by atoms with Crippen LogP contribution in [0, 0.1) is 5.92 Å². The maximum atomic E-state index is 13.1. The van der Waals surface area contributed by atoms with Gasteiger partial charge in [0.2, 0.25) is 5.91 Å². The molecule has 0 spiro atoms. The fourth-order valence-corrected chi connectivity index (χ4v) is 4.01. The van der Waals surface area contributed by atoms with Gasteiger partial charge in [0.1, 0.15) is 0 Å². The van der Waals surface area contributed by atoms with Crippen LogP contribution in [0.15, 0.2) is 64.3 Å². The molecule has 0 saturated carbocycles. The summed E-state index contributed by atoms with van der Waals surface area (Å²) in [5.74, 6) is -1.33. The Balaban J connectivity index is 1.99. The lowest BCUT2D eigenvalue weighted by Crippen LogP contribution is -2.38. The van der Waals surface area contributed by atoms with E-state index < -0.39 is 23.6 Å². The third-order valence-corrected chi connectivity index (χ3v) is 6.01. The highest BCUT2D eigenvalue weighted by atomic mass is 79.9. The molecule has 0 bridgehead atoms. The van der Waals surface area contributed by atoms with Crippen molar-refractivity contribution in [2.24, 2.45) is 5.92 Å². The van der Waals surface area contributed by atoms with Gasteiger partial charge >= 0.3 is 12.1 Å². The molecule has 2 aromatic rings. The van der Waals surface area contributed by atoms with E-state index in [4.69, 9.17) is 4.74 Å². The highest BCUT2D eigenvalue weighted by molar-refractivity contribution is 9.10. The third kappa shape index (κ3) is 6.05. The number of hydrogen-bond donors (Lipinski definition) is 0. The molecule has 1 atom stereocenters. The molecule has 2 aromatic carbocycles. The van der Waals surface area contributed by atoms with Crippen LogP contribution in [0.3, 0.4) is 0 Å². The molecule has 1 aliphatic rings. The van der Waals surface area contributed by atoms with E-state index in [1.54, 1.807) is 6.92 Å². The first-order valence-electron chi connectivity index (χ1n) is 10.6. The molecule has 176 valence electrons. The maximum Gasteiger partial charge on any atom is 0.416 e. The summed E-state index contributed by atoms with van der Waals surface area (Å²) in [5.41, 5.74) is 1.32. The Morgan fingerprint density at radius 2 is 1.73 bits per heavy atom. The standard InChI is InChI=1S/C25H25BrF3NO3/c1-15(2)14-33-24(32)23-16(3)30(13-17-4-10-20(26)11-5-17)22(31)12-21(23)18-6-8-19(9-7-18)25(27,28)29/h4-11,15,21H,12-14H2,1-3H3/t21-/m1/s1. The van der Waals surface area contributed by atoms with Gasteiger partial charge in [-0.1, -0.05) is 54.0 Å². The summed E-state index contributed by atoms with van der Waals surface area (Å²) in [6.07, 6.45) is -4.50. The lowest BCUT2D eigenvalue weighted by atomic mass is 9.83. The minimum absolute atomic E-state index is 0.0364. The Kier molecular flexibility index (Phi) is 7.67. The van der Waals surface area contributed by atoms with E-state index in [0.29, 0.717) is 16.8 Å². The number of benzene rings is 2. The van der Waals surface area contributed by atoms with Crippen LogP contribution in [0.5, 0.6) is 0 Å². The van der Waals surface area contributed by atoms with Crippen molar-refractivity contribution in [1.29, 1.82) is 0 Å². The summed E-state index contributed by atoms with van der Waals surface area (Å²) in [4.78, 5) is 27.7. The quantitative estimate of drug-likeness (QED) is 0.408. The molecule has 0 radical (unpaired) electrons. The van der Waals surface area contributed by atoms with Crippen molar-refractivity contribution >= 4 is 27.8 Å². The average molecular weight is 524 g/mol. The first kappa shape index (κ1) is 25.0. The molecular formula is C25H25BrF3NO3. The Labute approximate surface area is 199 Å². The van der Waals surface area contributed by atoms with E-state index in [9.17, 15) is 22.8 Å². The summed E-state index contributed by atoms with van der Waals surface area (Å²) in [6.45, 7) is 5.98. The summed E-state index contributed by atoms with van der Waals surface area (Å²) in [6, 6.07) is 12.1. The summed E-state index contributed by atoms with van der Waals surface area (Å²) < 4.78 is 45.4. The Morgan fingerprint density at radius 1 is 1.12 bits per heavy atom. The summed E-state index contributed by atoms with van der Waals surface area (Å²) in [5, 5.41) is 0. The minimum atomic E-state index is -4.47. The number of esters is 1. The number of alkyl halides is 3. The predicted molar refractivity (Wildman–Crippen MR) is 122 cm³/mol. The van der Waals surface area contributed by atoms with Gasteiger partial charge in [0, 0.05) is 22.5 Å². The van der Waals surface area contributed by atoms with E-state index >= 15 is 0 Å². The monoisotopic (exact) mass is 523 g/mol. The number of ether oxygens (including phenoxy) is 1. The van der Waals surface area contributed by atoms with Crippen molar-refractivity contribution in [1.82, 2.24) is 4.90 Å². The zero-order chi connectivity index (χ0) is 24.3. The molecule has 0 fully saturated rings. The van der Waals surface area contributed by atoms with Gasteiger partial charge in [0.05, 0.1) is 24.3 Å². The minimum Gasteiger partial charge on any atom is -0.462 e. The predicted octanol–water partition coefficient (Wildman–Crippen LogP) is 6.46. The van der Waals surface area contributed by atoms with Crippen LogP contribution in [0.2, 0.25) is 0 Å². The van der Waals surface area contributed by atoms with Crippen LogP contribution in [0.1, 0.15) is 49.8 Å². The average Bonchev–Trinajstić information content (AvgIpc) is 2.75. The highest BCUT2D eigenvalue weighted by Gasteiger charge is 2.38. The number of carbonyl (C=O) groups is 2. The molecule has 1 heterocycles. The maximum absolute atomic E-state index is 13.1. The van der Waals surface area contributed by atoms with Gasteiger partial charge in [-0.15, -0.1) is 0 Å². The molecule has 8 heteroatoms. The van der Waals surface area contributed by atoms with E-state index in [-0.39, 0.29) is 31.4 Å². The van der Waals surface area contributed by atoms with Gasteiger partial charge in [-0.25, -0.2) is 4.79 Å². The van der Waals surface area contributed by atoms with Gasteiger partial charge in [-0.3, -0.25) is 4.79 Å². The van der Waals surface area contributed by atoms with Crippen LogP contribution in [-0.4, -0.2) is 23.4 Å². The molecule has 0 aliphatic carbocycles. The largest absolute Gasteiger partial charge is 0.462 e. The van der Waals surface area contributed by atoms with Crippen LogP contribution >= 0.6 is 15.9 Å². The Morgan fingerprint density at radius 3 is 2.27 bits per heavy atom.